The van der Waals surface area contributed by atoms with E-state index in [-0.39, 0.29) is 5.91 Å². The number of aryl methyl sites for hydroxylation is 1. The van der Waals surface area contributed by atoms with Gasteiger partial charge in [0.25, 0.3) is 5.91 Å². The highest BCUT2D eigenvalue weighted by Gasteiger charge is 2.41. The number of hydrogen-bond acceptors (Lipinski definition) is 5. The summed E-state index contributed by atoms with van der Waals surface area (Å²) in [6.45, 7) is 5.94. The van der Waals surface area contributed by atoms with E-state index in [4.69, 9.17) is 14.4 Å². The van der Waals surface area contributed by atoms with Crippen LogP contribution in [-0.4, -0.2) is 59.4 Å². The highest BCUT2D eigenvalue weighted by atomic mass is 19.4. The molecule has 2 N–H and O–H groups in total. The van der Waals surface area contributed by atoms with E-state index in [1.54, 1.807) is 6.07 Å². The Hall–Kier alpha value is -2.88. The van der Waals surface area contributed by atoms with Crippen LogP contribution in [-0.2, 0) is 11.2 Å². The Bertz CT molecular complexity index is 911. The minimum atomic E-state index is -5.08. The van der Waals surface area contributed by atoms with Crippen molar-refractivity contribution in [1.29, 1.82) is 0 Å². The maximum atomic E-state index is 12.6. The molecule has 4 rings (SSSR count). The number of piperidine rings is 1. The number of hydrogen-bond donors (Lipinski definition) is 2. The maximum absolute atomic E-state index is 12.6. The Morgan fingerprint density at radius 3 is 2.23 bits per heavy atom. The van der Waals surface area contributed by atoms with Crippen molar-refractivity contribution < 1.29 is 32.4 Å². The van der Waals surface area contributed by atoms with Gasteiger partial charge in [-0.2, -0.15) is 13.2 Å². The summed E-state index contributed by atoms with van der Waals surface area (Å²) in [5.74, 6) is -2.12. The molecule has 0 radical (unpaired) electrons. The van der Waals surface area contributed by atoms with Crippen molar-refractivity contribution in [3.05, 3.63) is 41.6 Å². The number of aromatic nitrogens is 1. The number of carbonyl (C=O) groups excluding carboxylic acids is 1. The van der Waals surface area contributed by atoms with Crippen LogP contribution in [0.4, 0.5) is 13.2 Å². The number of benzene rings is 1. The predicted octanol–water partition coefficient (Wildman–Crippen LogP) is 3.36. The fourth-order valence-corrected chi connectivity index (χ4v) is 3.60. The lowest BCUT2D eigenvalue weighted by molar-refractivity contribution is -0.192. The van der Waals surface area contributed by atoms with Crippen LogP contribution in [0.15, 0.2) is 34.9 Å². The maximum Gasteiger partial charge on any atom is 0.490 e. The Kier molecular flexibility index (Phi) is 6.68. The van der Waals surface area contributed by atoms with Crippen LogP contribution < -0.4 is 5.32 Å². The van der Waals surface area contributed by atoms with Crippen LogP contribution in [0.25, 0.3) is 11.3 Å². The Labute approximate surface area is 177 Å². The quantitative estimate of drug-likeness (QED) is 0.762. The number of carbonyl (C=O) groups is 2. The smallest absolute Gasteiger partial charge is 0.475 e. The lowest BCUT2D eigenvalue weighted by atomic mass is 9.73. The molecule has 0 atom stereocenters. The highest BCUT2D eigenvalue weighted by molar-refractivity contribution is 5.93. The molecule has 10 heteroatoms. The zero-order valence-electron chi connectivity index (χ0n) is 17.0. The molecule has 2 aliphatic rings. The van der Waals surface area contributed by atoms with Crippen LogP contribution in [0.1, 0.15) is 35.8 Å². The first kappa shape index (κ1) is 22.8. The summed E-state index contributed by atoms with van der Waals surface area (Å²) < 4.78 is 37.1. The van der Waals surface area contributed by atoms with Gasteiger partial charge in [-0.3, -0.25) is 4.79 Å². The van der Waals surface area contributed by atoms with E-state index in [0.29, 0.717) is 16.9 Å². The molecule has 1 aromatic carbocycles. The zero-order chi connectivity index (χ0) is 22.6. The van der Waals surface area contributed by atoms with Gasteiger partial charge in [-0.15, -0.1) is 0 Å². The number of carboxylic acid groups (broad SMARTS) is 1. The van der Waals surface area contributed by atoms with Gasteiger partial charge in [0.1, 0.15) is 0 Å². The highest BCUT2D eigenvalue weighted by Crippen LogP contribution is 2.35. The molecule has 1 amide bonds. The van der Waals surface area contributed by atoms with Crippen molar-refractivity contribution in [1.82, 2.24) is 15.4 Å². The summed E-state index contributed by atoms with van der Waals surface area (Å²) in [6, 6.07) is 9.95. The molecule has 0 aliphatic carbocycles. The second kappa shape index (κ2) is 9.09. The predicted molar refractivity (Wildman–Crippen MR) is 105 cm³/mol. The van der Waals surface area contributed by atoms with E-state index in [1.165, 1.54) is 5.56 Å². The third-order valence-corrected chi connectivity index (χ3v) is 5.73. The number of alkyl halides is 3. The van der Waals surface area contributed by atoms with Crippen molar-refractivity contribution in [2.75, 3.05) is 26.2 Å². The zero-order valence-corrected chi connectivity index (χ0v) is 17.0. The first-order valence-electron chi connectivity index (χ1n) is 10.00. The normalized spacial score (nSPS) is 17.5. The lowest BCUT2D eigenvalue weighted by Gasteiger charge is -2.48. The molecule has 2 aromatic rings. The van der Waals surface area contributed by atoms with Crippen LogP contribution in [0.3, 0.4) is 0 Å². The number of rotatable bonds is 3. The average Bonchev–Trinajstić information content (AvgIpc) is 3.22. The summed E-state index contributed by atoms with van der Waals surface area (Å²) in [4.78, 5) is 23.5. The van der Waals surface area contributed by atoms with Gasteiger partial charge in [-0.05, 0) is 30.2 Å². The minimum absolute atomic E-state index is 0.0164. The number of amides is 1. The number of aliphatic carboxylic acids is 1. The monoisotopic (exact) mass is 439 g/mol. The van der Waals surface area contributed by atoms with E-state index in [0.717, 1.165) is 51.0 Å². The topological polar surface area (TPSA) is 95.7 Å². The Morgan fingerprint density at radius 2 is 1.77 bits per heavy atom. The molecule has 0 bridgehead atoms. The molecule has 1 aromatic heterocycles. The molecule has 0 saturated carbocycles. The lowest BCUT2D eigenvalue weighted by Crippen LogP contribution is -2.58. The van der Waals surface area contributed by atoms with Crippen LogP contribution in [0, 0.1) is 5.41 Å². The van der Waals surface area contributed by atoms with Gasteiger partial charge in [0, 0.05) is 37.8 Å². The Balaban J connectivity index is 0.000000339. The van der Waals surface area contributed by atoms with E-state index >= 15 is 0 Å². The van der Waals surface area contributed by atoms with Gasteiger partial charge in [-0.25, -0.2) is 4.79 Å². The van der Waals surface area contributed by atoms with E-state index in [9.17, 15) is 18.0 Å². The fourth-order valence-electron chi connectivity index (χ4n) is 3.60. The van der Waals surface area contributed by atoms with E-state index in [1.807, 2.05) is 17.0 Å². The van der Waals surface area contributed by atoms with Crippen molar-refractivity contribution >= 4 is 11.9 Å². The molecule has 3 heterocycles. The summed E-state index contributed by atoms with van der Waals surface area (Å²) >= 11 is 0. The van der Waals surface area contributed by atoms with E-state index < -0.39 is 12.1 Å². The number of likely N-dealkylation sites (tertiary alicyclic amines) is 1. The second-order valence-corrected chi connectivity index (χ2v) is 7.83. The summed E-state index contributed by atoms with van der Waals surface area (Å²) in [5.41, 5.74) is 3.08. The molecule has 168 valence electrons. The average molecular weight is 439 g/mol. The van der Waals surface area contributed by atoms with Crippen LogP contribution in [0.2, 0.25) is 0 Å². The molecular formula is C21H24F3N3O4. The number of nitrogens with one attached hydrogen (secondary N) is 1. The summed E-state index contributed by atoms with van der Waals surface area (Å²) in [6.07, 6.45) is -1.92. The molecule has 7 nitrogen and oxygen atoms in total. The van der Waals surface area contributed by atoms with Crippen molar-refractivity contribution in [3.8, 4) is 11.3 Å². The molecular weight excluding hydrogens is 415 g/mol. The summed E-state index contributed by atoms with van der Waals surface area (Å²) in [5, 5.41) is 14.5. The molecule has 0 unspecified atom stereocenters. The molecule has 31 heavy (non-hydrogen) atoms. The van der Waals surface area contributed by atoms with Gasteiger partial charge in [0.15, 0.2) is 11.5 Å². The molecule has 2 saturated heterocycles. The third-order valence-electron chi connectivity index (χ3n) is 5.73. The minimum Gasteiger partial charge on any atom is -0.475 e. The largest absolute Gasteiger partial charge is 0.490 e. The van der Waals surface area contributed by atoms with Crippen LogP contribution in [0.5, 0.6) is 0 Å². The number of carboxylic acids is 1. The third kappa shape index (κ3) is 5.43. The number of halogens is 3. The fraction of sp³-hybridized carbons (Fsp3) is 0.476. The van der Waals surface area contributed by atoms with Gasteiger partial charge >= 0.3 is 12.1 Å². The van der Waals surface area contributed by atoms with Crippen molar-refractivity contribution in [2.45, 2.75) is 32.4 Å². The van der Waals surface area contributed by atoms with E-state index in [2.05, 4.69) is 29.5 Å². The van der Waals surface area contributed by atoms with Crippen LogP contribution >= 0.6 is 0 Å². The molecule has 2 fully saturated rings. The SMILES string of the molecule is CCc1ccc(-c2cc(C(=O)N3CCC4(CC3)CNC4)no2)cc1.O=C(O)C(F)(F)F. The first-order chi connectivity index (χ1) is 14.6. The summed E-state index contributed by atoms with van der Waals surface area (Å²) in [7, 11) is 0. The second-order valence-electron chi connectivity index (χ2n) is 7.83. The first-order valence-corrected chi connectivity index (χ1v) is 10.00. The van der Waals surface area contributed by atoms with Gasteiger partial charge < -0.3 is 19.8 Å². The van der Waals surface area contributed by atoms with Crippen molar-refractivity contribution in [2.24, 2.45) is 5.41 Å². The molecule has 2 aliphatic heterocycles. The van der Waals surface area contributed by atoms with Gasteiger partial charge in [-0.1, -0.05) is 36.3 Å². The number of nitrogens with zero attached hydrogens (tertiary/aromatic N) is 2. The van der Waals surface area contributed by atoms with Crippen molar-refractivity contribution in [3.63, 3.8) is 0 Å². The van der Waals surface area contributed by atoms with Gasteiger partial charge in [0.2, 0.25) is 0 Å². The molecule has 1 spiro atoms. The van der Waals surface area contributed by atoms with Gasteiger partial charge in [0.05, 0.1) is 0 Å². The standard InChI is InChI=1S/C19H23N3O2.C2HF3O2/c1-2-14-3-5-15(6-4-14)17-11-16(21-24-17)18(23)22-9-7-19(8-10-22)12-20-13-19;3-2(4,5)1(6)7/h3-6,11,20H,2,7-10,12-13H2,1H3;(H,6,7). The Morgan fingerprint density at radius 1 is 1.19 bits per heavy atom.